The predicted molar refractivity (Wildman–Crippen MR) is 71.4 cm³/mol. The molecule has 16 heavy (non-hydrogen) atoms. The number of hydrogen-bond donors (Lipinski definition) is 1. The van der Waals surface area contributed by atoms with Crippen LogP contribution in [0, 0.1) is 5.82 Å². The second-order valence-corrected chi connectivity index (χ2v) is 6.49. The van der Waals surface area contributed by atoms with E-state index in [9.17, 15) is 4.39 Å². The van der Waals surface area contributed by atoms with Crippen LogP contribution in [0.4, 0.5) is 4.39 Å². The van der Waals surface area contributed by atoms with Crippen molar-refractivity contribution < 1.29 is 4.39 Å². The molecule has 0 aliphatic carbocycles. The van der Waals surface area contributed by atoms with E-state index in [-0.39, 0.29) is 11.9 Å². The van der Waals surface area contributed by atoms with Crippen molar-refractivity contribution in [3.8, 4) is 0 Å². The van der Waals surface area contributed by atoms with E-state index in [1.165, 1.54) is 6.07 Å². The molecule has 1 heterocycles. The first-order valence-electron chi connectivity index (χ1n) is 5.47. The van der Waals surface area contributed by atoms with E-state index in [0.717, 1.165) is 28.8 Å². The first kappa shape index (κ1) is 12.4. The van der Waals surface area contributed by atoms with Crippen LogP contribution in [-0.2, 0) is 0 Å². The average Bonchev–Trinajstić information content (AvgIpc) is 2.43. The van der Waals surface area contributed by atoms with Crippen molar-refractivity contribution in [1.29, 1.82) is 0 Å². The van der Waals surface area contributed by atoms with E-state index in [1.54, 1.807) is 0 Å². The minimum Gasteiger partial charge on any atom is -0.309 e. The van der Waals surface area contributed by atoms with Crippen LogP contribution in [-0.4, -0.2) is 17.5 Å². The second kappa shape index (κ2) is 5.52. The Morgan fingerprint density at radius 3 is 3.06 bits per heavy atom. The summed E-state index contributed by atoms with van der Waals surface area (Å²) in [5, 5.41) is 4.08. The number of thioether (sulfide) groups is 1. The van der Waals surface area contributed by atoms with Gasteiger partial charge in [0.1, 0.15) is 5.82 Å². The topological polar surface area (TPSA) is 12.0 Å². The summed E-state index contributed by atoms with van der Waals surface area (Å²) in [5.74, 6) is 0.821. The molecule has 0 radical (unpaired) electrons. The van der Waals surface area contributed by atoms with Crippen molar-refractivity contribution in [2.75, 3.05) is 12.3 Å². The van der Waals surface area contributed by atoms with Crippen molar-refractivity contribution in [3.63, 3.8) is 0 Å². The maximum absolute atomic E-state index is 13.8. The Balaban J connectivity index is 2.16. The van der Waals surface area contributed by atoms with E-state index in [2.05, 4.69) is 28.2 Å². The minimum atomic E-state index is -0.123. The van der Waals surface area contributed by atoms with E-state index < -0.39 is 0 Å². The molecule has 1 nitrogen and oxygen atoms in total. The van der Waals surface area contributed by atoms with Crippen molar-refractivity contribution in [3.05, 3.63) is 34.1 Å². The predicted octanol–water partition coefficient (Wildman–Crippen LogP) is 3.74. The first-order valence-corrected chi connectivity index (χ1v) is 7.31. The molecule has 1 aliphatic rings. The van der Waals surface area contributed by atoms with Gasteiger partial charge in [0.15, 0.2) is 0 Å². The fraction of sp³-hybridized carbons (Fsp3) is 0.500. The van der Waals surface area contributed by atoms with Gasteiger partial charge in [-0.25, -0.2) is 4.39 Å². The molecule has 4 heteroatoms. The molecule has 0 spiro atoms. The minimum absolute atomic E-state index is 0.123. The maximum atomic E-state index is 13.8. The number of nitrogens with one attached hydrogen (secondary N) is 1. The molecule has 2 unspecified atom stereocenters. The van der Waals surface area contributed by atoms with Crippen LogP contribution in [0.5, 0.6) is 0 Å². The highest BCUT2D eigenvalue weighted by atomic mass is 79.9. The Hall–Kier alpha value is -0.0600. The Bertz CT molecular complexity index is 372. The smallest absolute Gasteiger partial charge is 0.129 e. The van der Waals surface area contributed by atoms with Crippen LogP contribution in [0.25, 0.3) is 0 Å². The zero-order valence-corrected chi connectivity index (χ0v) is 11.6. The molecule has 1 aromatic carbocycles. The van der Waals surface area contributed by atoms with Crippen LogP contribution in [0.3, 0.4) is 0 Å². The van der Waals surface area contributed by atoms with E-state index in [4.69, 9.17) is 0 Å². The molecule has 1 aliphatic heterocycles. The highest BCUT2D eigenvalue weighted by molar-refractivity contribution is 9.10. The van der Waals surface area contributed by atoms with Crippen LogP contribution in [0.2, 0.25) is 0 Å². The second-order valence-electron chi connectivity index (χ2n) is 4.11. The molecule has 0 aromatic heterocycles. The molecule has 1 N–H and O–H groups in total. The fourth-order valence-corrected chi connectivity index (χ4v) is 3.28. The maximum Gasteiger partial charge on any atom is 0.129 e. The molecule has 0 bridgehead atoms. The third-order valence-corrected chi connectivity index (χ3v) is 4.65. The molecular formula is C12H15BrFNS. The van der Waals surface area contributed by atoms with Gasteiger partial charge in [-0.1, -0.05) is 28.9 Å². The average molecular weight is 304 g/mol. The lowest BCUT2D eigenvalue weighted by atomic mass is 10.1. The molecule has 2 rings (SSSR count). The number of rotatable bonds is 1. The standard InChI is InChI=1S/C12H15BrFNS/c1-8-4-5-15-12(7-16-8)10-3-2-9(13)6-11(10)14/h2-3,6,8,12,15H,4-5,7H2,1H3. The van der Waals surface area contributed by atoms with Gasteiger partial charge in [0.25, 0.3) is 0 Å². The number of benzene rings is 1. The highest BCUT2D eigenvalue weighted by Gasteiger charge is 2.20. The summed E-state index contributed by atoms with van der Waals surface area (Å²) >= 11 is 5.19. The van der Waals surface area contributed by atoms with Crippen molar-refractivity contribution >= 4 is 27.7 Å². The molecular weight excluding hydrogens is 289 g/mol. The van der Waals surface area contributed by atoms with Gasteiger partial charge in [-0.15, -0.1) is 0 Å². The molecule has 1 saturated heterocycles. The summed E-state index contributed by atoms with van der Waals surface area (Å²) in [6.07, 6.45) is 1.15. The van der Waals surface area contributed by atoms with Crippen LogP contribution in [0.1, 0.15) is 24.9 Å². The summed E-state index contributed by atoms with van der Waals surface area (Å²) < 4.78 is 14.6. The van der Waals surface area contributed by atoms with E-state index in [0.29, 0.717) is 5.25 Å². The lowest BCUT2D eigenvalue weighted by molar-refractivity contribution is 0.534. The monoisotopic (exact) mass is 303 g/mol. The van der Waals surface area contributed by atoms with Gasteiger partial charge in [-0.3, -0.25) is 0 Å². The SMILES string of the molecule is CC1CCNC(c2ccc(Br)cc2F)CS1. The summed E-state index contributed by atoms with van der Waals surface area (Å²) in [4.78, 5) is 0. The van der Waals surface area contributed by atoms with E-state index >= 15 is 0 Å². The van der Waals surface area contributed by atoms with Gasteiger partial charge in [-0.05, 0) is 25.1 Å². The molecule has 0 saturated carbocycles. The molecule has 0 amide bonds. The largest absolute Gasteiger partial charge is 0.309 e. The number of halogens is 2. The van der Waals surface area contributed by atoms with E-state index in [1.807, 2.05) is 23.9 Å². The van der Waals surface area contributed by atoms with Gasteiger partial charge in [0.05, 0.1) is 0 Å². The normalized spacial score (nSPS) is 26.4. The van der Waals surface area contributed by atoms with Crippen molar-refractivity contribution in [2.24, 2.45) is 0 Å². The summed E-state index contributed by atoms with van der Waals surface area (Å²) in [6, 6.07) is 5.45. The molecule has 88 valence electrons. The third kappa shape index (κ3) is 2.99. The van der Waals surface area contributed by atoms with Gasteiger partial charge in [-0.2, -0.15) is 11.8 Å². The molecule has 1 aromatic rings. The van der Waals surface area contributed by atoms with Crippen molar-refractivity contribution in [1.82, 2.24) is 5.32 Å². The summed E-state index contributed by atoms with van der Waals surface area (Å²) in [5.41, 5.74) is 0.782. The zero-order chi connectivity index (χ0) is 11.5. The Morgan fingerprint density at radius 2 is 2.31 bits per heavy atom. The van der Waals surface area contributed by atoms with Crippen LogP contribution >= 0.6 is 27.7 Å². The van der Waals surface area contributed by atoms with Crippen LogP contribution < -0.4 is 5.32 Å². The summed E-state index contributed by atoms with van der Waals surface area (Å²) in [7, 11) is 0. The fourth-order valence-electron chi connectivity index (χ4n) is 1.85. The van der Waals surface area contributed by atoms with Crippen molar-refractivity contribution in [2.45, 2.75) is 24.6 Å². The summed E-state index contributed by atoms with van der Waals surface area (Å²) in [6.45, 7) is 3.20. The number of hydrogen-bond acceptors (Lipinski definition) is 2. The Labute approximate surface area is 108 Å². The first-order chi connectivity index (χ1) is 7.66. The van der Waals surface area contributed by atoms with Gasteiger partial charge < -0.3 is 5.32 Å². The van der Waals surface area contributed by atoms with Gasteiger partial charge in [0.2, 0.25) is 0 Å². The van der Waals surface area contributed by atoms with Crippen LogP contribution in [0.15, 0.2) is 22.7 Å². The lowest BCUT2D eigenvalue weighted by Crippen LogP contribution is -2.23. The Kier molecular flexibility index (Phi) is 4.27. The van der Waals surface area contributed by atoms with Gasteiger partial charge in [0, 0.05) is 27.1 Å². The molecule has 2 atom stereocenters. The quantitative estimate of drug-likeness (QED) is 0.848. The zero-order valence-electron chi connectivity index (χ0n) is 9.17. The highest BCUT2D eigenvalue weighted by Crippen LogP contribution is 2.28. The lowest BCUT2D eigenvalue weighted by Gasteiger charge is -2.16. The van der Waals surface area contributed by atoms with Gasteiger partial charge >= 0.3 is 0 Å². The third-order valence-electron chi connectivity index (χ3n) is 2.83. The molecule has 1 fully saturated rings. The Morgan fingerprint density at radius 1 is 1.50 bits per heavy atom.